The minimum Gasteiger partial charge on any atom is -0.508 e. The van der Waals surface area contributed by atoms with Gasteiger partial charge in [0.1, 0.15) is 23.0 Å². The van der Waals surface area contributed by atoms with E-state index in [2.05, 4.69) is 18.1 Å². The smallest absolute Gasteiger partial charge is 0.340 e. The number of esters is 1. The number of carbonyl (C=O) groups excluding carboxylic acids is 1. The molecule has 140 valence electrons. The molecule has 2 aliphatic rings. The van der Waals surface area contributed by atoms with Crippen molar-refractivity contribution >= 4 is 29.7 Å². The van der Waals surface area contributed by atoms with Crippen LogP contribution < -0.4 is 10.5 Å². The highest BCUT2D eigenvalue weighted by Gasteiger charge is 2.53. The van der Waals surface area contributed by atoms with Crippen LogP contribution in [0.25, 0.3) is 0 Å². The Labute approximate surface area is 165 Å². The van der Waals surface area contributed by atoms with Crippen molar-refractivity contribution in [2.75, 3.05) is 5.73 Å². The van der Waals surface area contributed by atoms with Crippen LogP contribution in [-0.2, 0) is 10.3 Å². The van der Waals surface area contributed by atoms with Crippen molar-refractivity contribution in [2.45, 2.75) is 5.60 Å². The largest absolute Gasteiger partial charge is 0.508 e. The molecule has 0 saturated carbocycles. The number of hydrogen-bond donors (Lipinski definition) is 3. The Hall–Kier alpha value is -3.58. The first-order chi connectivity index (χ1) is 13.5. The molecule has 0 bridgehead atoms. The lowest BCUT2D eigenvalue weighted by molar-refractivity contribution is 0.0224. The highest BCUT2D eigenvalue weighted by atomic mass is 32.1. The van der Waals surface area contributed by atoms with Gasteiger partial charge in [-0.3, -0.25) is 0 Å². The number of carbonyl (C=O) groups is 1. The average molecular weight is 393 g/mol. The molecule has 0 aliphatic carbocycles. The van der Waals surface area contributed by atoms with Gasteiger partial charge >= 0.3 is 5.97 Å². The van der Waals surface area contributed by atoms with Crippen molar-refractivity contribution in [3.8, 4) is 23.0 Å². The summed E-state index contributed by atoms with van der Waals surface area (Å²) in [6, 6.07) is 14.3. The van der Waals surface area contributed by atoms with Crippen LogP contribution in [0.2, 0.25) is 0 Å². The molecule has 0 saturated heterocycles. The predicted octanol–water partition coefficient (Wildman–Crippen LogP) is 3.86. The molecular formula is C21H15NO5S. The third-order valence-corrected chi connectivity index (χ3v) is 4.80. The Balaban J connectivity index is 0.000000932. The fourth-order valence-corrected chi connectivity index (χ4v) is 3.72. The number of benzene rings is 3. The fourth-order valence-electron chi connectivity index (χ4n) is 3.72. The Bertz CT molecular complexity index is 1080. The van der Waals surface area contributed by atoms with Crippen molar-refractivity contribution < 1.29 is 24.5 Å². The van der Waals surface area contributed by atoms with Crippen LogP contribution in [0, 0.1) is 0 Å². The lowest BCUT2D eigenvalue weighted by atomic mass is 9.77. The second-order valence-corrected chi connectivity index (χ2v) is 6.34. The number of anilines is 1. The molecule has 0 amide bonds. The highest BCUT2D eigenvalue weighted by Crippen LogP contribution is 2.57. The molecule has 3 aromatic carbocycles. The molecule has 7 heteroatoms. The number of hydrogen-bond acceptors (Lipinski definition) is 7. The van der Waals surface area contributed by atoms with Gasteiger partial charge in [0.25, 0.3) is 0 Å². The average Bonchev–Trinajstić information content (AvgIpc) is 2.95. The molecule has 2 aliphatic heterocycles. The van der Waals surface area contributed by atoms with Crippen LogP contribution in [0.1, 0.15) is 27.0 Å². The first kappa shape index (κ1) is 17.8. The molecule has 0 fully saturated rings. The molecule has 3 aromatic rings. The molecule has 2 heterocycles. The summed E-state index contributed by atoms with van der Waals surface area (Å²) >= 11 is 3.83. The van der Waals surface area contributed by atoms with E-state index in [9.17, 15) is 15.0 Å². The van der Waals surface area contributed by atoms with E-state index in [0.717, 1.165) is 0 Å². The number of fused-ring (bicyclic) bond motifs is 6. The standard InChI is InChI=1S/C20H13NO5.CH2S/c21-10-1-4-14-13(7-10)19(24)26-20(14)15-5-2-11(22)8-17(15)25-18-9-12(23)3-6-16(18)20;1-2/h1-9,22-23H,21H2;1H2. The third-order valence-electron chi connectivity index (χ3n) is 4.80. The Kier molecular flexibility index (Phi) is 3.97. The van der Waals surface area contributed by atoms with Crippen molar-refractivity contribution in [1.82, 2.24) is 0 Å². The van der Waals surface area contributed by atoms with Crippen molar-refractivity contribution in [3.05, 3.63) is 76.9 Å². The van der Waals surface area contributed by atoms with Gasteiger partial charge in [0.15, 0.2) is 5.60 Å². The van der Waals surface area contributed by atoms with E-state index in [-0.39, 0.29) is 11.5 Å². The number of phenols is 2. The zero-order valence-corrected chi connectivity index (χ0v) is 15.3. The summed E-state index contributed by atoms with van der Waals surface area (Å²) in [7, 11) is 0. The molecule has 0 radical (unpaired) electrons. The van der Waals surface area contributed by atoms with E-state index >= 15 is 0 Å². The van der Waals surface area contributed by atoms with Gasteiger partial charge in [0.2, 0.25) is 0 Å². The molecule has 1 spiro atoms. The summed E-state index contributed by atoms with van der Waals surface area (Å²) in [6.45, 7) is 0. The van der Waals surface area contributed by atoms with E-state index in [4.69, 9.17) is 15.2 Å². The summed E-state index contributed by atoms with van der Waals surface area (Å²) in [5, 5.41) is 19.7. The molecule has 0 unspecified atom stereocenters. The predicted molar refractivity (Wildman–Crippen MR) is 107 cm³/mol. The summed E-state index contributed by atoms with van der Waals surface area (Å²) in [5.41, 5.74) is 7.26. The Morgan fingerprint density at radius 1 is 0.857 bits per heavy atom. The minimum absolute atomic E-state index is 0.0179. The van der Waals surface area contributed by atoms with Gasteiger partial charge in [-0.1, -0.05) is 18.3 Å². The van der Waals surface area contributed by atoms with Crippen LogP contribution in [0.15, 0.2) is 54.6 Å². The Morgan fingerprint density at radius 2 is 1.39 bits per heavy atom. The number of phenolic OH excluding ortho intramolecular Hbond substituents is 2. The van der Waals surface area contributed by atoms with Gasteiger partial charge in [-0.25, -0.2) is 4.79 Å². The molecule has 4 N–H and O–H groups in total. The first-order valence-electron chi connectivity index (χ1n) is 8.26. The first-order valence-corrected chi connectivity index (χ1v) is 8.84. The Morgan fingerprint density at radius 3 is 1.96 bits per heavy atom. The number of nitrogens with two attached hydrogens (primary N) is 1. The maximum absolute atomic E-state index is 12.6. The van der Waals surface area contributed by atoms with E-state index in [1.54, 1.807) is 30.3 Å². The SMILES string of the molecule is C=S.Nc1ccc2c(c1)C(=O)OC21c2ccc(O)cc2Oc2cc(O)ccc21. The summed E-state index contributed by atoms with van der Waals surface area (Å²) < 4.78 is 11.8. The number of thiocarbonyl (C=S) groups is 1. The number of ether oxygens (including phenoxy) is 2. The van der Waals surface area contributed by atoms with Crippen molar-refractivity contribution in [2.24, 2.45) is 0 Å². The molecule has 0 atom stereocenters. The van der Waals surface area contributed by atoms with Gasteiger partial charge in [0.05, 0.1) is 5.56 Å². The van der Waals surface area contributed by atoms with Crippen LogP contribution in [0.3, 0.4) is 0 Å². The van der Waals surface area contributed by atoms with Gasteiger partial charge in [-0.05, 0) is 42.3 Å². The van der Waals surface area contributed by atoms with Crippen LogP contribution in [0.4, 0.5) is 5.69 Å². The molecule has 5 rings (SSSR count). The van der Waals surface area contributed by atoms with E-state index in [1.807, 2.05) is 0 Å². The second kappa shape index (κ2) is 6.24. The van der Waals surface area contributed by atoms with Crippen LogP contribution in [0.5, 0.6) is 23.0 Å². The van der Waals surface area contributed by atoms with Gasteiger partial charge in [0, 0.05) is 34.5 Å². The quantitative estimate of drug-likeness (QED) is 0.303. The molecule has 6 nitrogen and oxygen atoms in total. The molecular weight excluding hydrogens is 378 g/mol. The lowest BCUT2D eigenvalue weighted by Crippen LogP contribution is -2.32. The maximum Gasteiger partial charge on any atom is 0.340 e. The van der Waals surface area contributed by atoms with Gasteiger partial charge in [-0.15, -0.1) is 0 Å². The maximum atomic E-state index is 12.6. The molecule has 28 heavy (non-hydrogen) atoms. The highest BCUT2D eigenvalue weighted by molar-refractivity contribution is 7.77. The number of aromatic hydroxyl groups is 2. The monoisotopic (exact) mass is 393 g/mol. The molecule has 0 aromatic heterocycles. The summed E-state index contributed by atoms with van der Waals surface area (Å²) in [6.07, 6.45) is 0. The van der Waals surface area contributed by atoms with Crippen molar-refractivity contribution in [1.29, 1.82) is 0 Å². The zero-order chi connectivity index (χ0) is 20.1. The zero-order valence-electron chi connectivity index (χ0n) is 14.5. The van der Waals surface area contributed by atoms with Crippen molar-refractivity contribution in [3.63, 3.8) is 0 Å². The van der Waals surface area contributed by atoms with E-state index in [1.165, 1.54) is 24.3 Å². The topological polar surface area (TPSA) is 102 Å². The number of rotatable bonds is 0. The minimum atomic E-state index is -1.23. The summed E-state index contributed by atoms with van der Waals surface area (Å²) in [5.74, 6) is 3.07. The van der Waals surface area contributed by atoms with E-state index in [0.29, 0.717) is 39.4 Å². The van der Waals surface area contributed by atoms with Gasteiger partial charge < -0.3 is 25.4 Å². The number of nitrogen functional groups attached to an aromatic ring is 1. The lowest BCUT2D eigenvalue weighted by Gasteiger charge is -2.36. The van der Waals surface area contributed by atoms with Crippen LogP contribution >= 0.6 is 12.2 Å². The normalized spacial score (nSPS) is 14.6. The summed E-state index contributed by atoms with van der Waals surface area (Å²) in [4.78, 5) is 12.6. The fraction of sp³-hybridized carbons (Fsp3) is 0.0476. The second-order valence-electron chi connectivity index (χ2n) is 6.34. The third kappa shape index (κ3) is 2.33. The van der Waals surface area contributed by atoms with E-state index < -0.39 is 11.6 Å². The van der Waals surface area contributed by atoms with Gasteiger partial charge in [-0.2, -0.15) is 0 Å². The van der Waals surface area contributed by atoms with Crippen LogP contribution in [-0.4, -0.2) is 22.1 Å².